The first-order chi connectivity index (χ1) is 7.36. The third-order valence-corrected chi connectivity index (χ3v) is 3.75. The van der Waals surface area contributed by atoms with Crippen molar-refractivity contribution < 1.29 is 0 Å². The van der Waals surface area contributed by atoms with Crippen molar-refractivity contribution in [1.82, 2.24) is 4.98 Å². The Morgan fingerprint density at radius 3 is 2.87 bits per heavy atom. The van der Waals surface area contributed by atoms with Crippen molar-refractivity contribution in [2.75, 3.05) is 11.4 Å². The van der Waals surface area contributed by atoms with Gasteiger partial charge in [-0.05, 0) is 36.8 Å². The van der Waals surface area contributed by atoms with E-state index in [1.165, 1.54) is 25.8 Å². The van der Waals surface area contributed by atoms with Gasteiger partial charge in [-0.25, -0.2) is 4.98 Å². The molecule has 0 amide bonds. The molecule has 3 nitrogen and oxygen atoms in total. The van der Waals surface area contributed by atoms with Gasteiger partial charge in [-0.1, -0.05) is 6.07 Å². The summed E-state index contributed by atoms with van der Waals surface area (Å²) in [4.78, 5) is 6.96. The third kappa shape index (κ3) is 1.51. The lowest BCUT2D eigenvalue weighted by Gasteiger charge is -2.28. The number of aromatic nitrogens is 1. The number of piperidine rings is 1. The van der Waals surface area contributed by atoms with E-state index in [-0.39, 0.29) is 0 Å². The van der Waals surface area contributed by atoms with E-state index in [1.807, 2.05) is 6.20 Å². The number of rotatable bonds is 2. The molecule has 2 fully saturated rings. The molecular weight excluding hydrogens is 186 g/mol. The Labute approximate surface area is 90.3 Å². The molecule has 1 saturated carbocycles. The van der Waals surface area contributed by atoms with Crippen LogP contribution in [0.15, 0.2) is 18.3 Å². The maximum atomic E-state index is 5.56. The normalized spacial score (nSPS) is 28.7. The molecule has 2 bridgehead atoms. The van der Waals surface area contributed by atoms with Gasteiger partial charge in [-0.3, -0.25) is 0 Å². The lowest BCUT2D eigenvalue weighted by Crippen LogP contribution is -2.32. The van der Waals surface area contributed by atoms with Crippen molar-refractivity contribution in [2.24, 2.45) is 11.7 Å². The summed E-state index contributed by atoms with van der Waals surface area (Å²) in [5.74, 6) is 2.06. The maximum absolute atomic E-state index is 5.56. The summed E-state index contributed by atoms with van der Waals surface area (Å²) in [6.07, 6.45) is 6.05. The molecule has 1 saturated heterocycles. The second-order valence-corrected chi connectivity index (χ2v) is 4.71. The summed E-state index contributed by atoms with van der Waals surface area (Å²) >= 11 is 0. The molecule has 0 aromatic carbocycles. The number of anilines is 1. The zero-order valence-corrected chi connectivity index (χ0v) is 8.89. The molecule has 1 aliphatic carbocycles. The molecule has 2 aliphatic rings. The van der Waals surface area contributed by atoms with Crippen LogP contribution in [-0.4, -0.2) is 17.6 Å². The van der Waals surface area contributed by atoms with Crippen LogP contribution in [0.3, 0.4) is 0 Å². The van der Waals surface area contributed by atoms with E-state index in [2.05, 4.69) is 22.0 Å². The zero-order chi connectivity index (χ0) is 10.3. The van der Waals surface area contributed by atoms with Crippen LogP contribution in [0.25, 0.3) is 0 Å². The minimum Gasteiger partial charge on any atom is -0.353 e. The lowest BCUT2D eigenvalue weighted by molar-refractivity contribution is 0.550. The molecule has 2 unspecified atom stereocenters. The Morgan fingerprint density at radius 1 is 1.40 bits per heavy atom. The van der Waals surface area contributed by atoms with Gasteiger partial charge in [0, 0.05) is 25.3 Å². The number of hydrogen-bond donors (Lipinski definition) is 1. The summed E-state index contributed by atoms with van der Waals surface area (Å²) < 4.78 is 0. The van der Waals surface area contributed by atoms with E-state index in [4.69, 9.17) is 5.73 Å². The minimum atomic E-state index is 0.583. The summed E-state index contributed by atoms with van der Waals surface area (Å²) in [7, 11) is 0. The molecule has 15 heavy (non-hydrogen) atoms. The predicted octanol–water partition coefficient (Wildman–Crippen LogP) is 1.53. The quantitative estimate of drug-likeness (QED) is 0.792. The Bertz CT molecular complexity index is 346. The minimum absolute atomic E-state index is 0.583. The number of fused-ring (bicyclic) bond motifs is 2. The smallest absolute Gasteiger partial charge is 0.128 e. The molecule has 1 aromatic heterocycles. The third-order valence-electron chi connectivity index (χ3n) is 3.75. The Kier molecular flexibility index (Phi) is 2.13. The van der Waals surface area contributed by atoms with Gasteiger partial charge in [0.2, 0.25) is 0 Å². The second-order valence-electron chi connectivity index (χ2n) is 4.71. The van der Waals surface area contributed by atoms with Crippen LogP contribution in [0, 0.1) is 5.92 Å². The topological polar surface area (TPSA) is 42.1 Å². The number of nitrogens with zero attached hydrogens (tertiary/aromatic N) is 2. The molecular formula is C12H17N3. The van der Waals surface area contributed by atoms with Crippen LogP contribution in [0.5, 0.6) is 0 Å². The van der Waals surface area contributed by atoms with E-state index in [9.17, 15) is 0 Å². The van der Waals surface area contributed by atoms with Crippen molar-refractivity contribution in [3.8, 4) is 0 Å². The first-order valence-corrected chi connectivity index (χ1v) is 5.78. The number of nitrogens with two attached hydrogens (primary N) is 1. The predicted molar refractivity (Wildman–Crippen MR) is 60.6 cm³/mol. The van der Waals surface area contributed by atoms with E-state index in [1.54, 1.807) is 0 Å². The highest BCUT2D eigenvalue weighted by Crippen LogP contribution is 2.39. The highest BCUT2D eigenvalue weighted by molar-refractivity contribution is 5.43. The fourth-order valence-electron chi connectivity index (χ4n) is 2.91. The molecule has 2 N–H and O–H groups in total. The lowest BCUT2D eigenvalue weighted by atomic mass is 10.1. The Morgan fingerprint density at radius 2 is 2.33 bits per heavy atom. The van der Waals surface area contributed by atoms with Crippen LogP contribution in [0.1, 0.15) is 24.8 Å². The van der Waals surface area contributed by atoms with E-state index >= 15 is 0 Å². The van der Waals surface area contributed by atoms with Crippen LogP contribution >= 0.6 is 0 Å². The van der Waals surface area contributed by atoms with Crippen LogP contribution in [0.4, 0.5) is 5.82 Å². The summed E-state index contributed by atoms with van der Waals surface area (Å²) in [6, 6.07) is 4.96. The number of pyridine rings is 1. The fourth-order valence-corrected chi connectivity index (χ4v) is 2.91. The van der Waals surface area contributed by atoms with Crippen LogP contribution in [0.2, 0.25) is 0 Å². The molecule has 0 spiro atoms. The van der Waals surface area contributed by atoms with Crippen molar-refractivity contribution in [3.63, 3.8) is 0 Å². The van der Waals surface area contributed by atoms with Crippen molar-refractivity contribution in [1.29, 1.82) is 0 Å². The Balaban J connectivity index is 1.81. The molecule has 0 radical (unpaired) electrons. The summed E-state index contributed by atoms with van der Waals surface area (Å²) in [5.41, 5.74) is 6.67. The van der Waals surface area contributed by atoms with Gasteiger partial charge in [0.05, 0.1) is 0 Å². The first kappa shape index (κ1) is 9.16. The Hall–Kier alpha value is -1.09. The van der Waals surface area contributed by atoms with Gasteiger partial charge in [-0.15, -0.1) is 0 Å². The molecule has 3 rings (SSSR count). The molecule has 1 aromatic rings. The molecule has 3 heteroatoms. The van der Waals surface area contributed by atoms with Crippen molar-refractivity contribution in [2.45, 2.75) is 31.8 Å². The van der Waals surface area contributed by atoms with Crippen molar-refractivity contribution >= 4 is 5.82 Å². The average molecular weight is 203 g/mol. The van der Waals surface area contributed by atoms with Gasteiger partial charge in [-0.2, -0.15) is 0 Å². The fraction of sp³-hybridized carbons (Fsp3) is 0.583. The van der Waals surface area contributed by atoms with Gasteiger partial charge in [0.15, 0.2) is 0 Å². The molecule has 80 valence electrons. The second kappa shape index (κ2) is 3.49. The van der Waals surface area contributed by atoms with Gasteiger partial charge in [0.25, 0.3) is 0 Å². The first-order valence-electron chi connectivity index (χ1n) is 5.78. The van der Waals surface area contributed by atoms with Crippen LogP contribution < -0.4 is 10.6 Å². The summed E-state index contributed by atoms with van der Waals surface area (Å²) in [5, 5.41) is 0. The van der Waals surface area contributed by atoms with E-state index in [0.717, 1.165) is 23.3 Å². The highest BCUT2D eigenvalue weighted by atomic mass is 15.2. The number of hydrogen-bond acceptors (Lipinski definition) is 3. The zero-order valence-electron chi connectivity index (χ0n) is 8.89. The monoisotopic (exact) mass is 203 g/mol. The summed E-state index contributed by atoms with van der Waals surface area (Å²) in [6.45, 7) is 1.79. The maximum Gasteiger partial charge on any atom is 0.128 e. The SMILES string of the molecule is NCc1ccc(N2CC3CCC2C3)nc1. The molecule has 1 aliphatic heterocycles. The largest absolute Gasteiger partial charge is 0.353 e. The molecule has 2 atom stereocenters. The standard InChI is InChI=1S/C12H17N3/c13-6-10-2-4-12(14-7-10)15-8-9-1-3-11(15)5-9/h2,4,7,9,11H,1,3,5-6,8,13H2. The van der Waals surface area contributed by atoms with Crippen molar-refractivity contribution in [3.05, 3.63) is 23.9 Å². The van der Waals surface area contributed by atoms with Gasteiger partial charge >= 0.3 is 0 Å². The van der Waals surface area contributed by atoms with E-state index < -0.39 is 0 Å². The molecule has 2 heterocycles. The average Bonchev–Trinajstić information content (AvgIpc) is 2.91. The highest BCUT2D eigenvalue weighted by Gasteiger charge is 2.38. The van der Waals surface area contributed by atoms with Crippen LogP contribution in [-0.2, 0) is 6.54 Å². The van der Waals surface area contributed by atoms with E-state index in [0.29, 0.717) is 6.54 Å². The van der Waals surface area contributed by atoms with Gasteiger partial charge in [0.1, 0.15) is 5.82 Å². The van der Waals surface area contributed by atoms with Gasteiger partial charge < -0.3 is 10.6 Å².